The van der Waals surface area contributed by atoms with E-state index < -0.39 is 0 Å². The van der Waals surface area contributed by atoms with Gasteiger partial charge in [-0.25, -0.2) is 0 Å². The summed E-state index contributed by atoms with van der Waals surface area (Å²) >= 11 is 0. The third kappa shape index (κ3) is 4.96. The molecule has 0 fully saturated rings. The zero-order valence-corrected chi connectivity index (χ0v) is 13.4. The van der Waals surface area contributed by atoms with Crippen molar-refractivity contribution in [2.24, 2.45) is 5.92 Å². The number of rotatable bonds is 8. The molecule has 1 heterocycles. The van der Waals surface area contributed by atoms with Crippen LogP contribution in [0.5, 0.6) is 0 Å². The Balaban J connectivity index is 2.65. The van der Waals surface area contributed by atoms with Gasteiger partial charge < -0.3 is 10.2 Å². The highest BCUT2D eigenvalue weighted by atomic mass is 15.3. The van der Waals surface area contributed by atoms with Gasteiger partial charge in [-0.15, -0.1) is 0 Å². The number of nitrogens with zero attached hydrogens (tertiary/aromatic N) is 3. The molecule has 1 atom stereocenters. The molecule has 4 heteroatoms. The maximum atomic E-state index is 4.60. The van der Waals surface area contributed by atoms with E-state index in [-0.39, 0.29) is 0 Å². The van der Waals surface area contributed by atoms with Crippen molar-refractivity contribution in [3.8, 4) is 0 Å². The fourth-order valence-electron chi connectivity index (χ4n) is 2.24. The predicted octanol–water partition coefficient (Wildman–Crippen LogP) is 2.14. The van der Waals surface area contributed by atoms with E-state index in [9.17, 15) is 0 Å². The van der Waals surface area contributed by atoms with Gasteiger partial charge >= 0.3 is 0 Å². The molecule has 0 saturated carbocycles. The van der Waals surface area contributed by atoms with E-state index >= 15 is 0 Å². The quantitative estimate of drug-likeness (QED) is 0.782. The van der Waals surface area contributed by atoms with Gasteiger partial charge in [-0.2, -0.15) is 5.10 Å². The molecule has 0 aromatic carbocycles. The van der Waals surface area contributed by atoms with Gasteiger partial charge in [0.05, 0.1) is 11.4 Å². The Morgan fingerprint density at radius 3 is 2.47 bits per heavy atom. The fourth-order valence-corrected chi connectivity index (χ4v) is 2.24. The molecule has 0 bridgehead atoms. The van der Waals surface area contributed by atoms with E-state index in [0.717, 1.165) is 26.1 Å². The van der Waals surface area contributed by atoms with Crippen molar-refractivity contribution >= 4 is 0 Å². The molecule has 110 valence electrons. The van der Waals surface area contributed by atoms with Crippen LogP contribution in [0.15, 0.2) is 6.07 Å². The lowest BCUT2D eigenvalue weighted by Gasteiger charge is -2.25. The Morgan fingerprint density at radius 1 is 1.32 bits per heavy atom. The highest BCUT2D eigenvalue weighted by Gasteiger charge is 2.15. The standard InChI is InChI=1S/C15H30N4/c1-7-13-9-14(19(8-2)17-13)10-16-15(12(3)4)11-18(5)6/h9,12,15-16H,7-8,10-11H2,1-6H3. The van der Waals surface area contributed by atoms with Gasteiger partial charge in [0.1, 0.15) is 0 Å². The highest BCUT2D eigenvalue weighted by molar-refractivity contribution is 5.10. The highest BCUT2D eigenvalue weighted by Crippen LogP contribution is 2.08. The van der Waals surface area contributed by atoms with Gasteiger partial charge in [0.2, 0.25) is 0 Å². The van der Waals surface area contributed by atoms with Gasteiger partial charge in [0, 0.05) is 25.7 Å². The third-order valence-corrected chi connectivity index (χ3v) is 3.49. The first-order chi connectivity index (χ1) is 8.97. The zero-order chi connectivity index (χ0) is 14.4. The van der Waals surface area contributed by atoms with Crippen LogP contribution in [0.4, 0.5) is 0 Å². The maximum Gasteiger partial charge on any atom is 0.0625 e. The van der Waals surface area contributed by atoms with E-state index in [2.05, 4.69) is 67.9 Å². The number of aryl methyl sites for hydroxylation is 2. The maximum absolute atomic E-state index is 4.60. The molecule has 0 aliphatic rings. The van der Waals surface area contributed by atoms with Crippen LogP contribution in [0.3, 0.4) is 0 Å². The Kier molecular flexibility index (Phi) is 6.52. The van der Waals surface area contributed by atoms with Crippen LogP contribution in [-0.2, 0) is 19.5 Å². The van der Waals surface area contributed by atoms with Crippen LogP contribution in [-0.4, -0.2) is 41.4 Å². The Bertz CT molecular complexity index is 368. The first kappa shape index (κ1) is 16.2. The van der Waals surface area contributed by atoms with Gasteiger partial charge in [-0.1, -0.05) is 20.8 Å². The summed E-state index contributed by atoms with van der Waals surface area (Å²) in [6.45, 7) is 11.8. The van der Waals surface area contributed by atoms with E-state index in [1.807, 2.05) is 0 Å². The van der Waals surface area contributed by atoms with Crippen LogP contribution in [0, 0.1) is 5.92 Å². The monoisotopic (exact) mass is 266 g/mol. The lowest BCUT2D eigenvalue weighted by atomic mass is 10.0. The normalized spacial score (nSPS) is 13.5. The second kappa shape index (κ2) is 7.65. The molecule has 1 aromatic rings. The van der Waals surface area contributed by atoms with E-state index in [4.69, 9.17) is 0 Å². The van der Waals surface area contributed by atoms with Crippen LogP contribution < -0.4 is 5.32 Å². The molecular weight excluding hydrogens is 236 g/mol. The fraction of sp³-hybridized carbons (Fsp3) is 0.800. The second-order valence-corrected chi connectivity index (χ2v) is 5.79. The minimum Gasteiger partial charge on any atom is -0.308 e. The van der Waals surface area contributed by atoms with Crippen molar-refractivity contribution < 1.29 is 0 Å². The van der Waals surface area contributed by atoms with Crippen LogP contribution in [0.25, 0.3) is 0 Å². The molecule has 1 unspecified atom stereocenters. The summed E-state index contributed by atoms with van der Waals surface area (Å²) in [5, 5.41) is 8.27. The van der Waals surface area contributed by atoms with Gasteiger partial charge in [-0.05, 0) is 39.4 Å². The van der Waals surface area contributed by atoms with Gasteiger partial charge in [0.15, 0.2) is 0 Å². The SMILES string of the molecule is CCc1cc(CNC(CN(C)C)C(C)C)n(CC)n1. The van der Waals surface area contributed by atoms with Crippen LogP contribution in [0.2, 0.25) is 0 Å². The van der Waals surface area contributed by atoms with Crippen LogP contribution in [0.1, 0.15) is 39.1 Å². The third-order valence-electron chi connectivity index (χ3n) is 3.49. The molecule has 1 N–H and O–H groups in total. The van der Waals surface area contributed by atoms with Crippen molar-refractivity contribution in [2.45, 2.75) is 53.2 Å². The largest absolute Gasteiger partial charge is 0.308 e. The lowest BCUT2D eigenvalue weighted by molar-refractivity contribution is 0.286. The average molecular weight is 266 g/mol. The molecule has 0 aliphatic heterocycles. The molecule has 0 aliphatic carbocycles. The van der Waals surface area contributed by atoms with Crippen molar-refractivity contribution in [1.29, 1.82) is 0 Å². The van der Waals surface area contributed by atoms with Crippen molar-refractivity contribution in [3.05, 3.63) is 17.5 Å². The van der Waals surface area contributed by atoms with Gasteiger partial charge in [-0.3, -0.25) is 4.68 Å². The number of aromatic nitrogens is 2. The van der Waals surface area contributed by atoms with Crippen molar-refractivity contribution in [2.75, 3.05) is 20.6 Å². The molecule has 0 spiro atoms. The average Bonchev–Trinajstić information content (AvgIpc) is 2.76. The summed E-state index contributed by atoms with van der Waals surface area (Å²) in [5.41, 5.74) is 2.48. The van der Waals surface area contributed by atoms with E-state index in [1.54, 1.807) is 0 Å². The van der Waals surface area contributed by atoms with Gasteiger partial charge in [0.25, 0.3) is 0 Å². The predicted molar refractivity (Wildman–Crippen MR) is 81.3 cm³/mol. The number of hydrogen-bond donors (Lipinski definition) is 1. The minimum absolute atomic E-state index is 0.514. The van der Waals surface area contributed by atoms with Crippen molar-refractivity contribution in [3.63, 3.8) is 0 Å². The zero-order valence-electron chi connectivity index (χ0n) is 13.4. The topological polar surface area (TPSA) is 33.1 Å². The first-order valence-electron chi connectivity index (χ1n) is 7.41. The lowest BCUT2D eigenvalue weighted by Crippen LogP contribution is -2.41. The molecular formula is C15H30N4. The molecule has 19 heavy (non-hydrogen) atoms. The summed E-state index contributed by atoms with van der Waals surface area (Å²) in [6, 6.07) is 2.74. The summed E-state index contributed by atoms with van der Waals surface area (Å²) in [6.07, 6.45) is 1.01. The molecule has 1 aromatic heterocycles. The minimum atomic E-state index is 0.514. The molecule has 1 rings (SSSR count). The Labute approximate surface area is 118 Å². The molecule has 0 amide bonds. The summed E-state index contributed by atoms with van der Waals surface area (Å²) in [7, 11) is 4.26. The molecule has 0 saturated heterocycles. The Morgan fingerprint density at radius 2 is 2.00 bits per heavy atom. The van der Waals surface area contributed by atoms with E-state index in [0.29, 0.717) is 12.0 Å². The molecule has 4 nitrogen and oxygen atoms in total. The smallest absolute Gasteiger partial charge is 0.0625 e. The number of hydrogen-bond acceptors (Lipinski definition) is 3. The first-order valence-corrected chi connectivity index (χ1v) is 7.41. The summed E-state index contributed by atoms with van der Waals surface area (Å²) < 4.78 is 2.11. The summed E-state index contributed by atoms with van der Waals surface area (Å²) in [4.78, 5) is 2.24. The second-order valence-electron chi connectivity index (χ2n) is 5.79. The summed E-state index contributed by atoms with van der Waals surface area (Å²) in [5.74, 6) is 0.631. The van der Waals surface area contributed by atoms with Crippen molar-refractivity contribution in [1.82, 2.24) is 20.0 Å². The number of likely N-dealkylation sites (N-methyl/N-ethyl adjacent to an activating group) is 1. The van der Waals surface area contributed by atoms with E-state index in [1.165, 1.54) is 11.4 Å². The number of nitrogens with one attached hydrogen (secondary N) is 1. The van der Waals surface area contributed by atoms with Crippen LogP contribution >= 0.6 is 0 Å². The Hall–Kier alpha value is -0.870. The molecule has 0 radical (unpaired) electrons.